The Hall–Kier alpha value is -0.610. The van der Waals surface area contributed by atoms with E-state index in [1.807, 2.05) is 6.92 Å². The summed E-state index contributed by atoms with van der Waals surface area (Å²) in [7, 11) is 0. The van der Waals surface area contributed by atoms with Crippen LogP contribution in [0.15, 0.2) is 18.2 Å². The average molecular weight is 205 g/mol. The summed E-state index contributed by atoms with van der Waals surface area (Å²) in [5, 5.41) is 0. The molecule has 1 aromatic carbocycles. The number of benzene rings is 1. The normalized spacial score (nSPS) is 12.0. The number of hydrogen-bond acceptors (Lipinski definition) is 1. The van der Waals surface area contributed by atoms with Gasteiger partial charge in [-0.25, -0.2) is 8.78 Å². The zero-order chi connectivity index (χ0) is 9.14. The van der Waals surface area contributed by atoms with Crippen molar-refractivity contribution in [2.75, 3.05) is 0 Å². The fourth-order valence-electron chi connectivity index (χ4n) is 0.979. The molecule has 0 spiro atoms. The van der Waals surface area contributed by atoms with Crippen LogP contribution in [0.3, 0.4) is 0 Å². The maximum Gasteiger partial charge on any atom is 0.159 e. The molecule has 1 unspecified atom stereocenters. The lowest BCUT2D eigenvalue weighted by atomic mass is 10.1. The molecule has 0 amide bonds. The van der Waals surface area contributed by atoms with Gasteiger partial charge in [-0.1, -0.05) is 13.0 Å². The summed E-state index contributed by atoms with van der Waals surface area (Å²) in [4.78, 5) is 0. The number of halogens is 2. The third-order valence-corrected chi connectivity index (χ3v) is 1.81. The highest BCUT2D eigenvalue weighted by molar-refractivity contribution is 7.59. The molecule has 0 aliphatic carbocycles. The van der Waals surface area contributed by atoms with Gasteiger partial charge in [0.2, 0.25) is 0 Å². The van der Waals surface area contributed by atoms with E-state index in [1.54, 1.807) is 0 Å². The topological polar surface area (TPSA) is 26.0 Å². The van der Waals surface area contributed by atoms with Crippen LogP contribution in [0.5, 0.6) is 0 Å². The first kappa shape index (κ1) is 12.4. The molecule has 0 aliphatic heterocycles. The number of hydrogen-bond donors (Lipinski definition) is 1. The molecular formula is C9H13F2NS. The van der Waals surface area contributed by atoms with Gasteiger partial charge in [-0.15, -0.1) is 0 Å². The molecule has 0 radical (unpaired) electrons. The first-order valence-electron chi connectivity index (χ1n) is 3.85. The molecule has 0 aliphatic rings. The van der Waals surface area contributed by atoms with E-state index in [4.69, 9.17) is 5.73 Å². The van der Waals surface area contributed by atoms with Gasteiger partial charge in [0.1, 0.15) is 0 Å². The Labute approximate surface area is 83.4 Å². The Balaban J connectivity index is 0.00000144. The van der Waals surface area contributed by atoms with Crippen LogP contribution in [-0.2, 0) is 0 Å². The molecule has 1 aromatic rings. The predicted molar refractivity (Wildman–Crippen MR) is 54.0 cm³/mol. The van der Waals surface area contributed by atoms with Crippen LogP contribution in [0.4, 0.5) is 8.78 Å². The predicted octanol–water partition coefficient (Wildman–Crippen LogP) is 2.49. The van der Waals surface area contributed by atoms with Gasteiger partial charge in [0, 0.05) is 6.04 Å². The molecule has 13 heavy (non-hydrogen) atoms. The molecular weight excluding hydrogens is 192 g/mol. The van der Waals surface area contributed by atoms with Crippen LogP contribution < -0.4 is 5.73 Å². The molecule has 2 N–H and O–H groups in total. The lowest BCUT2D eigenvalue weighted by Gasteiger charge is -2.08. The van der Waals surface area contributed by atoms with E-state index in [2.05, 4.69) is 0 Å². The summed E-state index contributed by atoms with van der Waals surface area (Å²) in [5.41, 5.74) is 6.26. The van der Waals surface area contributed by atoms with Crippen molar-refractivity contribution in [3.63, 3.8) is 0 Å². The molecule has 1 nitrogen and oxygen atoms in total. The van der Waals surface area contributed by atoms with Crippen molar-refractivity contribution in [3.8, 4) is 0 Å². The Morgan fingerprint density at radius 3 is 2.38 bits per heavy atom. The highest BCUT2D eigenvalue weighted by atomic mass is 32.1. The first-order chi connectivity index (χ1) is 5.65. The second kappa shape index (κ2) is 5.19. The van der Waals surface area contributed by atoms with Gasteiger partial charge in [-0.05, 0) is 24.1 Å². The number of rotatable bonds is 2. The van der Waals surface area contributed by atoms with Crippen LogP contribution in [-0.4, -0.2) is 0 Å². The van der Waals surface area contributed by atoms with E-state index in [9.17, 15) is 8.78 Å². The molecule has 0 fully saturated rings. The van der Waals surface area contributed by atoms with Crippen molar-refractivity contribution in [1.82, 2.24) is 0 Å². The van der Waals surface area contributed by atoms with Crippen LogP contribution >= 0.6 is 13.5 Å². The minimum Gasteiger partial charge on any atom is -0.324 e. The fraction of sp³-hybridized carbons (Fsp3) is 0.333. The van der Waals surface area contributed by atoms with Gasteiger partial charge in [0.15, 0.2) is 11.6 Å². The third kappa shape index (κ3) is 2.97. The minimum absolute atomic E-state index is 0. The summed E-state index contributed by atoms with van der Waals surface area (Å²) in [6.07, 6.45) is 0.713. The highest BCUT2D eigenvalue weighted by Gasteiger charge is 2.06. The van der Waals surface area contributed by atoms with Gasteiger partial charge in [-0.2, -0.15) is 13.5 Å². The summed E-state index contributed by atoms with van der Waals surface area (Å²) in [6, 6.07) is 3.54. The Morgan fingerprint density at radius 2 is 1.92 bits per heavy atom. The highest BCUT2D eigenvalue weighted by Crippen LogP contribution is 2.16. The number of nitrogens with two attached hydrogens (primary N) is 1. The molecule has 0 heterocycles. The summed E-state index contributed by atoms with van der Waals surface area (Å²) in [5.74, 6) is -1.67. The summed E-state index contributed by atoms with van der Waals surface area (Å²) < 4.78 is 25.1. The second-order valence-corrected chi connectivity index (χ2v) is 2.69. The third-order valence-electron chi connectivity index (χ3n) is 1.81. The fourth-order valence-corrected chi connectivity index (χ4v) is 0.979. The van der Waals surface area contributed by atoms with Gasteiger partial charge >= 0.3 is 0 Å². The first-order valence-corrected chi connectivity index (χ1v) is 3.85. The van der Waals surface area contributed by atoms with Gasteiger partial charge in [0.25, 0.3) is 0 Å². The van der Waals surface area contributed by atoms with E-state index in [0.717, 1.165) is 12.1 Å². The Bertz CT molecular complexity index is 278. The standard InChI is InChI=1S/C9H11F2N.H2S/c1-2-9(12)6-3-4-7(10)8(11)5-6;/h3-5,9H,2,12H2,1H3;1H2. The summed E-state index contributed by atoms with van der Waals surface area (Å²) in [6.45, 7) is 1.89. The van der Waals surface area contributed by atoms with E-state index >= 15 is 0 Å². The maximum atomic E-state index is 12.6. The SMILES string of the molecule is CCC(N)c1ccc(F)c(F)c1.S. The van der Waals surface area contributed by atoms with Crippen molar-refractivity contribution < 1.29 is 8.78 Å². The minimum atomic E-state index is -0.837. The van der Waals surface area contributed by atoms with Crippen molar-refractivity contribution in [2.45, 2.75) is 19.4 Å². The Kier molecular flexibility index (Phi) is 4.95. The average Bonchev–Trinajstić information content (AvgIpc) is 2.08. The van der Waals surface area contributed by atoms with Gasteiger partial charge < -0.3 is 5.73 Å². The lowest BCUT2D eigenvalue weighted by molar-refractivity contribution is 0.504. The molecule has 0 saturated carbocycles. The van der Waals surface area contributed by atoms with Crippen LogP contribution in [0.1, 0.15) is 24.9 Å². The molecule has 0 aromatic heterocycles. The molecule has 74 valence electrons. The van der Waals surface area contributed by atoms with Gasteiger partial charge in [-0.3, -0.25) is 0 Å². The monoisotopic (exact) mass is 205 g/mol. The van der Waals surface area contributed by atoms with Crippen LogP contribution in [0.2, 0.25) is 0 Å². The lowest BCUT2D eigenvalue weighted by Crippen LogP contribution is -2.08. The zero-order valence-corrected chi connectivity index (χ0v) is 8.35. The van der Waals surface area contributed by atoms with Gasteiger partial charge in [0.05, 0.1) is 0 Å². The van der Waals surface area contributed by atoms with Crippen molar-refractivity contribution >= 4 is 13.5 Å². The van der Waals surface area contributed by atoms with Crippen LogP contribution in [0.25, 0.3) is 0 Å². The van der Waals surface area contributed by atoms with Crippen LogP contribution in [0, 0.1) is 11.6 Å². The van der Waals surface area contributed by atoms with Crippen molar-refractivity contribution in [2.24, 2.45) is 5.73 Å². The molecule has 1 rings (SSSR count). The quantitative estimate of drug-likeness (QED) is 0.788. The van der Waals surface area contributed by atoms with Crippen molar-refractivity contribution in [3.05, 3.63) is 35.4 Å². The van der Waals surface area contributed by atoms with E-state index in [-0.39, 0.29) is 19.5 Å². The Morgan fingerprint density at radius 1 is 1.31 bits per heavy atom. The van der Waals surface area contributed by atoms with E-state index in [0.29, 0.717) is 12.0 Å². The van der Waals surface area contributed by atoms with E-state index < -0.39 is 11.6 Å². The van der Waals surface area contributed by atoms with Crippen molar-refractivity contribution in [1.29, 1.82) is 0 Å². The maximum absolute atomic E-state index is 12.6. The molecule has 0 saturated heterocycles. The smallest absolute Gasteiger partial charge is 0.159 e. The molecule has 0 bridgehead atoms. The molecule has 1 atom stereocenters. The molecule has 4 heteroatoms. The zero-order valence-electron chi connectivity index (χ0n) is 7.35. The largest absolute Gasteiger partial charge is 0.324 e. The van der Waals surface area contributed by atoms with E-state index in [1.165, 1.54) is 6.07 Å². The summed E-state index contributed by atoms with van der Waals surface area (Å²) >= 11 is 0. The second-order valence-electron chi connectivity index (χ2n) is 2.69.